The van der Waals surface area contributed by atoms with Crippen molar-refractivity contribution in [1.82, 2.24) is 15.0 Å². The molecule has 10 nitrogen and oxygen atoms in total. The fourth-order valence-electron chi connectivity index (χ4n) is 4.36. The number of aryl methyl sites for hydroxylation is 1. The summed E-state index contributed by atoms with van der Waals surface area (Å²) in [6, 6.07) is 19.5. The molecule has 0 saturated carbocycles. The number of hydrogen-bond acceptors (Lipinski definition) is 7. The molecule has 0 aliphatic rings. The number of benzene rings is 3. The summed E-state index contributed by atoms with van der Waals surface area (Å²) in [5.74, 6) is 0.682. The van der Waals surface area contributed by atoms with Crippen molar-refractivity contribution in [3.05, 3.63) is 104 Å². The molecule has 3 aromatic carbocycles. The van der Waals surface area contributed by atoms with Crippen molar-refractivity contribution < 1.29 is 23.5 Å². The number of aromatic nitrogens is 2. The summed E-state index contributed by atoms with van der Waals surface area (Å²) in [4.78, 5) is 36.6. The molecule has 0 aliphatic carbocycles. The summed E-state index contributed by atoms with van der Waals surface area (Å²) in [7, 11) is 0. The largest absolute Gasteiger partial charge is 0.494 e. The average molecular weight is 576 g/mol. The molecule has 0 aliphatic heterocycles. The minimum absolute atomic E-state index is 0.146. The van der Waals surface area contributed by atoms with Gasteiger partial charge in [0.25, 0.3) is 0 Å². The third-order valence-electron chi connectivity index (χ3n) is 6.46. The maximum absolute atomic E-state index is 11.7. The molecule has 1 amide bonds. The Labute approximate surface area is 244 Å². The van der Waals surface area contributed by atoms with Gasteiger partial charge < -0.3 is 24.1 Å². The highest BCUT2D eigenvalue weighted by molar-refractivity contribution is 5.72. The van der Waals surface area contributed by atoms with Crippen molar-refractivity contribution in [3.63, 3.8) is 0 Å². The highest BCUT2D eigenvalue weighted by Gasteiger charge is 2.15. The van der Waals surface area contributed by atoms with E-state index >= 15 is 0 Å². The number of amides is 1. The molecule has 1 heterocycles. The van der Waals surface area contributed by atoms with Gasteiger partial charge in [0.1, 0.15) is 23.7 Å². The highest BCUT2D eigenvalue weighted by atomic mass is 16.6. The third-order valence-corrected chi connectivity index (χ3v) is 6.46. The summed E-state index contributed by atoms with van der Waals surface area (Å²) in [5.41, 5.74) is 5.21. The van der Waals surface area contributed by atoms with E-state index < -0.39 is 23.1 Å². The van der Waals surface area contributed by atoms with Gasteiger partial charge in [-0.1, -0.05) is 36.4 Å². The fraction of sp³-hybridized carbons (Fsp3) is 0.344. The number of rotatable bonds is 11. The van der Waals surface area contributed by atoms with E-state index in [0.717, 1.165) is 43.9 Å². The first kappa shape index (κ1) is 30.2. The smallest absolute Gasteiger partial charge is 0.440 e. The van der Waals surface area contributed by atoms with Crippen LogP contribution in [-0.4, -0.2) is 34.6 Å². The van der Waals surface area contributed by atoms with Crippen molar-refractivity contribution >= 4 is 6.09 Å². The number of carbonyl (C=O) groups excluding carboxylic acids is 1. The van der Waals surface area contributed by atoms with Crippen LogP contribution >= 0.6 is 0 Å². The first-order chi connectivity index (χ1) is 20.0. The van der Waals surface area contributed by atoms with Crippen molar-refractivity contribution in [2.45, 2.75) is 59.8 Å². The van der Waals surface area contributed by atoms with E-state index in [9.17, 15) is 14.4 Å². The zero-order valence-electron chi connectivity index (χ0n) is 24.6. The Morgan fingerprint density at radius 1 is 0.952 bits per heavy atom. The summed E-state index contributed by atoms with van der Waals surface area (Å²) >= 11 is 0. The molecule has 0 unspecified atom stereocenters. The lowest BCUT2D eigenvalue weighted by Gasteiger charge is -2.19. The Kier molecular flexibility index (Phi) is 9.57. The molecule has 0 radical (unpaired) electrons. The van der Waals surface area contributed by atoms with E-state index in [4.69, 9.17) is 18.7 Å². The maximum atomic E-state index is 11.7. The average Bonchev–Trinajstić information content (AvgIpc) is 3.24. The monoisotopic (exact) mass is 575 g/mol. The lowest BCUT2D eigenvalue weighted by molar-refractivity contribution is 0.0525. The fourth-order valence-corrected chi connectivity index (χ4v) is 4.36. The van der Waals surface area contributed by atoms with Gasteiger partial charge in [0, 0.05) is 6.54 Å². The summed E-state index contributed by atoms with van der Waals surface area (Å²) in [6.07, 6.45) is 0.234. The Morgan fingerprint density at radius 3 is 2.36 bits per heavy atom. The number of H-pyrrole nitrogens is 1. The SMILES string of the molecule is Cc1cc(OCCCNC(=O)OC(C)(C)C)ccc1-c1cccc(COc2ccc(Cn3oc(=O)[nH]c3=O)cc2)c1C. The predicted molar refractivity (Wildman–Crippen MR) is 159 cm³/mol. The zero-order chi connectivity index (χ0) is 30.3. The van der Waals surface area contributed by atoms with E-state index in [0.29, 0.717) is 31.9 Å². The lowest BCUT2D eigenvalue weighted by Crippen LogP contribution is -2.33. The second-order valence-electron chi connectivity index (χ2n) is 11.0. The van der Waals surface area contributed by atoms with Crippen molar-refractivity contribution in [2.24, 2.45) is 0 Å². The molecule has 222 valence electrons. The quantitative estimate of drug-likeness (QED) is 0.232. The molecule has 4 aromatic rings. The van der Waals surface area contributed by atoms with Gasteiger partial charge in [0.15, 0.2) is 0 Å². The van der Waals surface area contributed by atoms with Crippen LogP contribution in [0.3, 0.4) is 0 Å². The van der Waals surface area contributed by atoms with Gasteiger partial charge in [-0.3, -0.25) is 0 Å². The van der Waals surface area contributed by atoms with E-state index in [1.807, 2.05) is 69.3 Å². The summed E-state index contributed by atoms with van der Waals surface area (Å²) in [5, 5.41) is 2.74. The predicted octanol–water partition coefficient (Wildman–Crippen LogP) is 5.33. The Balaban J connectivity index is 1.31. The molecule has 2 N–H and O–H groups in total. The first-order valence-electron chi connectivity index (χ1n) is 13.8. The summed E-state index contributed by atoms with van der Waals surface area (Å²) < 4.78 is 23.0. The standard InChI is InChI=1S/C32H37N3O7/c1-21-18-26(39-17-7-16-33-30(37)41-32(3,4)5)14-15-27(21)28-9-6-8-24(22(28)2)20-40-25-12-10-23(11-13-25)19-35-29(36)34-31(38)42-35/h6,8-15,18H,7,16-17,19-20H2,1-5H3,(H,33,37)(H,34,36,38). The van der Waals surface area contributed by atoms with Crippen molar-refractivity contribution in [2.75, 3.05) is 13.2 Å². The van der Waals surface area contributed by atoms with Crippen LogP contribution in [0.2, 0.25) is 0 Å². The Bertz CT molecular complexity index is 1630. The van der Waals surface area contributed by atoms with Crippen molar-refractivity contribution in [3.8, 4) is 22.6 Å². The first-order valence-corrected chi connectivity index (χ1v) is 13.8. The normalized spacial score (nSPS) is 11.3. The topological polar surface area (TPSA) is 125 Å². The summed E-state index contributed by atoms with van der Waals surface area (Å²) in [6.45, 7) is 11.1. The van der Waals surface area contributed by atoms with Crippen LogP contribution in [0.4, 0.5) is 4.79 Å². The molecular formula is C32H37N3O7. The number of aromatic amines is 1. The van der Waals surface area contributed by atoms with Gasteiger partial charge >= 0.3 is 17.5 Å². The third kappa shape index (κ3) is 8.39. The number of carbonyl (C=O) groups is 1. The molecule has 0 fully saturated rings. The molecule has 0 spiro atoms. The van der Waals surface area contributed by atoms with E-state index in [1.54, 1.807) is 0 Å². The van der Waals surface area contributed by atoms with Gasteiger partial charge in [0.2, 0.25) is 0 Å². The van der Waals surface area contributed by atoms with Crippen LogP contribution in [0, 0.1) is 13.8 Å². The molecule has 10 heteroatoms. The molecular weight excluding hydrogens is 538 g/mol. The Hall–Kier alpha value is -4.73. The van der Waals surface area contributed by atoms with Gasteiger partial charge in [-0.25, -0.2) is 19.4 Å². The van der Waals surface area contributed by atoms with Gasteiger partial charge in [-0.2, -0.15) is 0 Å². The molecule has 0 atom stereocenters. The maximum Gasteiger partial charge on any atom is 0.440 e. The Morgan fingerprint density at radius 2 is 1.69 bits per heavy atom. The lowest BCUT2D eigenvalue weighted by atomic mass is 9.94. The van der Waals surface area contributed by atoms with Gasteiger partial charge in [-0.05, 0) is 98.7 Å². The van der Waals surface area contributed by atoms with E-state index in [2.05, 4.69) is 36.3 Å². The van der Waals surface area contributed by atoms with Crippen LogP contribution in [0.5, 0.6) is 11.5 Å². The zero-order valence-corrected chi connectivity index (χ0v) is 24.6. The number of hydrogen-bond donors (Lipinski definition) is 2. The minimum Gasteiger partial charge on any atom is -0.494 e. The van der Waals surface area contributed by atoms with Crippen LogP contribution in [0.15, 0.2) is 74.8 Å². The number of nitrogens with zero attached hydrogens (tertiary/aromatic N) is 1. The van der Waals surface area contributed by atoms with Crippen LogP contribution in [-0.2, 0) is 17.9 Å². The van der Waals surface area contributed by atoms with E-state index in [-0.39, 0.29) is 6.54 Å². The molecule has 0 bridgehead atoms. The second kappa shape index (κ2) is 13.3. The molecule has 42 heavy (non-hydrogen) atoms. The molecule has 0 saturated heterocycles. The van der Waals surface area contributed by atoms with E-state index in [1.165, 1.54) is 0 Å². The van der Waals surface area contributed by atoms with Crippen LogP contribution < -0.4 is 26.2 Å². The highest BCUT2D eigenvalue weighted by Crippen LogP contribution is 2.31. The number of nitrogens with one attached hydrogen (secondary N) is 2. The van der Waals surface area contributed by atoms with Crippen LogP contribution in [0.1, 0.15) is 49.4 Å². The number of alkyl carbamates (subject to hydrolysis) is 1. The minimum atomic E-state index is -0.779. The molecule has 1 aromatic heterocycles. The molecule has 4 rings (SSSR count). The second-order valence-corrected chi connectivity index (χ2v) is 11.0. The number of ether oxygens (including phenoxy) is 3. The van der Waals surface area contributed by atoms with Crippen LogP contribution in [0.25, 0.3) is 11.1 Å². The van der Waals surface area contributed by atoms with Crippen molar-refractivity contribution in [1.29, 1.82) is 0 Å². The van der Waals surface area contributed by atoms with Gasteiger partial charge in [-0.15, -0.1) is 4.74 Å². The van der Waals surface area contributed by atoms with Gasteiger partial charge in [0.05, 0.1) is 13.2 Å².